The van der Waals surface area contributed by atoms with Crippen LogP contribution < -0.4 is 5.32 Å². The van der Waals surface area contributed by atoms with Gasteiger partial charge in [0.05, 0.1) is 17.9 Å². The zero-order valence-electron chi connectivity index (χ0n) is 11.0. The molecular formula is C15H15NO4. The van der Waals surface area contributed by atoms with Gasteiger partial charge in [-0.15, -0.1) is 0 Å². The third-order valence-electron chi connectivity index (χ3n) is 3.67. The zero-order valence-corrected chi connectivity index (χ0v) is 11.0. The first-order chi connectivity index (χ1) is 9.56. The normalized spacial score (nSPS) is 22.4. The maximum atomic E-state index is 11.9. The van der Waals surface area contributed by atoms with E-state index in [1.165, 1.54) is 0 Å². The van der Waals surface area contributed by atoms with Crippen molar-refractivity contribution in [2.75, 3.05) is 0 Å². The Bertz CT molecular complexity index is 642. The van der Waals surface area contributed by atoms with Gasteiger partial charge >= 0.3 is 5.97 Å². The number of hydrogen-bond acceptors (Lipinski definition) is 3. The number of fused-ring (bicyclic) bond motifs is 1. The Morgan fingerprint density at radius 2 is 2.10 bits per heavy atom. The number of para-hydroxylation sites is 1. The Morgan fingerprint density at radius 3 is 2.75 bits per heavy atom. The second kappa shape index (κ2) is 4.67. The number of carboxylic acid groups (broad SMARTS) is 1. The van der Waals surface area contributed by atoms with Crippen LogP contribution in [-0.4, -0.2) is 17.0 Å². The van der Waals surface area contributed by atoms with Crippen LogP contribution in [0.2, 0.25) is 0 Å². The first-order valence-electron chi connectivity index (χ1n) is 6.58. The van der Waals surface area contributed by atoms with Crippen LogP contribution in [0.15, 0.2) is 34.7 Å². The highest BCUT2D eigenvalue weighted by molar-refractivity contribution is 5.89. The maximum Gasteiger partial charge on any atom is 0.307 e. The van der Waals surface area contributed by atoms with E-state index in [0.717, 1.165) is 11.0 Å². The largest absolute Gasteiger partial charge is 0.481 e. The van der Waals surface area contributed by atoms with Crippen molar-refractivity contribution in [1.29, 1.82) is 0 Å². The van der Waals surface area contributed by atoms with Gasteiger partial charge < -0.3 is 14.8 Å². The standard InChI is InChI=1S/C15H15NO4/c1-8(16-14(17)10-7-11(10)15(18)19)13-6-9-4-2-3-5-12(9)20-13/h2-6,8,10-11H,7H2,1H3,(H,16,17)(H,18,19)/t8-,10+,11-/m0/s1. The second-order valence-electron chi connectivity index (χ2n) is 5.20. The molecule has 1 aliphatic rings. The van der Waals surface area contributed by atoms with Crippen LogP contribution in [0, 0.1) is 11.8 Å². The number of carbonyl (C=O) groups is 2. The van der Waals surface area contributed by atoms with E-state index >= 15 is 0 Å². The fraction of sp³-hybridized carbons (Fsp3) is 0.333. The van der Waals surface area contributed by atoms with Crippen molar-refractivity contribution in [2.45, 2.75) is 19.4 Å². The molecule has 0 spiro atoms. The van der Waals surface area contributed by atoms with Crippen molar-refractivity contribution < 1.29 is 19.1 Å². The Balaban J connectivity index is 1.68. The molecule has 0 radical (unpaired) electrons. The zero-order chi connectivity index (χ0) is 14.3. The Morgan fingerprint density at radius 1 is 1.35 bits per heavy atom. The van der Waals surface area contributed by atoms with Crippen molar-refractivity contribution >= 4 is 22.8 Å². The van der Waals surface area contributed by atoms with Crippen molar-refractivity contribution in [3.63, 3.8) is 0 Å². The molecule has 1 heterocycles. The average Bonchev–Trinajstić information content (AvgIpc) is 3.11. The van der Waals surface area contributed by atoms with Crippen LogP contribution in [0.1, 0.15) is 25.1 Å². The summed E-state index contributed by atoms with van der Waals surface area (Å²) < 4.78 is 5.67. The van der Waals surface area contributed by atoms with Crippen LogP contribution in [-0.2, 0) is 9.59 Å². The van der Waals surface area contributed by atoms with Gasteiger partial charge in [-0.2, -0.15) is 0 Å². The highest BCUT2D eigenvalue weighted by Crippen LogP contribution is 2.39. The van der Waals surface area contributed by atoms with Crippen molar-refractivity contribution in [3.8, 4) is 0 Å². The van der Waals surface area contributed by atoms with Crippen LogP contribution in [0.5, 0.6) is 0 Å². The molecule has 2 aromatic rings. The summed E-state index contributed by atoms with van der Waals surface area (Å²) in [6, 6.07) is 9.24. The van der Waals surface area contributed by atoms with E-state index < -0.39 is 17.8 Å². The molecule has 5 heteroatoms. The maximum absolute atomic E-state index is 11.9. The molecule has 3 rings (SSSR count). The quantitative estimate of drug-likeness (QED) is 0.896. The van der Waals surface area contributed by atoms with Crippen molar-refractivity contribution in [2.24, 2.45) is 11.8 Å². The molecule has 1 fully saturated rings. The van der Waals surface area contributed by atoms with Gasteiger partial charge in [0.25, 0.3) is 0 Å². The number of benzene rings is 1. The molecule has 1 saturated carbocycles. The molecule has 0 bridgehead atoms. The summed E-state index contributed by atoms with van der Waals surface area (Å²) in [5.74, 6) is -1.38. The first-order valence-corrected chi connectivity index (χ1v) is 6.58. The third-order valence-corrected chi connectivity index (χ3v) is 3.67. The lowest BCUT2D eigenvalue weighted by molar-refractivity contribution is -0.140. The fourth-order valence-electron chi connectivity index (χ4n) is 2.37. The average molecular weight is 273 g/mol. The molecule has 0 saturated heterocycles. The number of nitrogens with one attached hydrogen (secondary N) is 1. The molecule has 1 amide bonds. The summed E-state index contributed by atoms with van der Waals surface area (Å²) in [6.45, 7) is 1.83. The van der Waals surface area contributed by atoms with Gasteiger partial charge in [0.2, 0.25) is 5.91 Å². The molecule has 1 aliphatic carbocycles. The van der Waals surface area contributed by atoms with Gasteiger partial charge in [-0.3, -0.25) is 9.59 Å². The molecule has 5 nitrogen and oxygen atoms in total. The minimum atomic E-state index is -0.901. The number of furan rings is 1. The predicted molar refractivity (Wildman–Crippen MR) is 72.0 cm³/mol. The molecule has 104 valence electrons. The van der Waals surface area contributed by atoms with E-state index in [0.29, 0.717) is 12.2 Å². The third kappa shape index (κ3) is 2.27. The van der Waals surface area contributed by atoms with Crippen LogP contribution >= 0.6 is 0 Å². The van der Waals surface area contributed by atoms with Gasteiger partial charge in [-0.25, -0.2) is 0 Å². The molecular weight excluding hydrogens is 258 g/mol. The number of amides is 1. The summed E-state index contributed by atoms with van der Waals surface area (Å²) in [6.07, 6.45) is 0.425. The Hall–Kier alpha value is -2.30. The summed E-state index contributed by atoms with van der Waals surface area (Å²) in [5.41, 5.74) is 0.776. The minimum Gasteiger partial charge on any atom is -0.481 e. The number of carbonyl (C=O) groups excluding carboxylic acids is 1. The lowest BCUT2D eigenvalue weighted by Crippen LogP contribution is -2.28. The van der Waals surface area contributed by atoms with Crippen LogP contribution in [0.25, 0.3) is 11.0 Å². The van der Waals surface area contributed by atoms with Gasteiger partial charge in [0, 0.05) is 5.39 Å². The fourth-order valence-corrected chi connectivity index (χ4v) is 2.37. The van der Waals surface area contributed by atoms with Gasteiger partial charge in [0.15, 0.2) is 0 Å². The molecule has 20 heavy (non-hydrogen) atoms. The predicted octanol–water partition coefficient (Wildman–Crippen LogP) is 2.33. The Kier molecular flexibility index (Phi) is 2.97. The number of aliphatic carboxylic acids is 1. The van der Waals surface area contributed by atoms with E-state index in [1.54, 1.807) is 0 Å². The molecule has 0 aliphatic heterocycles. The monoisotopic (exact) mass is 273 g/mol. The highest BCUT2D eigenvalue weighted by atomic mass is 16.4. The van der Waals surface area contributed by atoms with Crippen LogP contribution in [0.4, 0.5) is 0 Å². The Labute approximate surface area is 115 Å². The number of rotatable bonds is 4. The van der Waals surface area contributed by atoms with E-state index in [1.807, 2.05) is 37.3 Å². The lowest BCUT2D eigenvalue weighted by atomic mass is 10.2. The summed E-state index contributed by atoms with van der Waals surface area (Å²) in [7, 11) is 0. The van der Waals surface area contributed by atoms with E-state index in [-0.39, 0.29) is 11.9 Å². The summed E-state index contributed by atoms with van der Waals surface area (Å²) in [5, 5.41) is 12.6. The van der Waals surface area contributed by atoms with Gasteiger partial charge in [-0.1, -0.05) is 18.2 Å². The molecule has 1 aromatic carbocycles. The first kappa shape index (κ1) is 12.7. The van der Waals surface area contributed by atoms with Crippen molar-refractivity contribution in [3.05, 3.63) is 36.1 Å². The highest BCUT2D eigenvalue weighted by Gasteiger charge is 2.48. The minimum absolute atomic E-state index is 0.217. The molecule has 1 aromatic heterocycles. The topological polar surface area (TPSA) is 79.5 Å². The summed E-state index contributed by atoms with van der Waals surface area (Å²) in [4.78, 5) is 22.7. The van der Waals surface area contributed by atoms with E-state index in [9.17, 15) is 9.59 Å². The molecule has 0 unspecified atom stereocenters. The molecule has 2 N–H and O–H groups in total. The number of carboxylic acids is 1. The van der Waals surface area contributed by atoms with Gasteiger partial charge in [-0.05, 0) is 25.5 Å². The SMILES string of the molecule is C[C@H](NC(=O)[C@@H]1C[C@@H]1C(=O)O)c1cc2ccccc2o1. The summed E-state index contributed by atoms with van der Waals surface area (Å²) >= 11 is 0. The molecule has 3 atom stereocenters. The second-order valence-corrected chi connectivity index (χ2v) is 5.20. The number of hydrogen-bond donors (Lipinski definition) is 2. The van der Waals surface area contributed by atoms with Gasteiger partial charge in [0.1, 0.15) is 11.3 Å². The van der Waals surface area contributed by atoms with E-state index in [4.69, 9.17) is 9.52 Å². The smallest absolute Gasteiger partial charge is 0.307 e. The lowest BCUT2D eigenvalue weighted by Gasteiger charge is -2.10. The van der Waals surface area contributed by atoms with Crippen molar-refractivity contribution in [1.82, 2.24) is 5.32 Å². The van der Waals surface area contributed by atoms with E-state index in [2.05, 4.69) is 5.32 Å². The van der Waals surface area contributed by atoms with Crippen LogP contribution in [0.3, 0.4) is 0 Å².